The molecular weight excluding hydrogens is 290 g/mol. The Morgan fingerprint density at radius 2 is 2.24 bits per heavy atom. The summed E-state index contributed by atoms with van der Waals surface area (Å²) in [6, 6.07) is 3.28. The zero-order chi connectivity index (χ0) is 15.2. The molecule has 108 valence electrons. The molecule has 0 saturated carbocycles. The molecule has 2 aromatic rings. The van der Waals surface area contributed by atoms with E-state index in [0.29, 0.717) is 12.1 Å². The van der Waals surface area contributed by atoms with Crippen LogP contribution in [0.4, 0.5) is 0 Å². The van der Waals surface area contributed by atoms with Crippen molar-refractivity contribution in [3.05, 3.63) is 51.7 Å². The van der Waals surface area contributed by atoms with Crippen LogP contribution < -0.4 is 5.32 Å². The molecule has 0 fully saturated rings. The highest BCUT2D eigenvalue weighted by Crippen LogP contribution is 2.12. The van der Waals surface area contributed by atoms with Crippen molar-refractivity contribution in [1.82, 2.24) is 15.3 Å². The maximum Gasteiger partial charge on any atom is 0.328 e. The summed E-state index contributed by atoms with van der Waals surface area (Å²) in [6.45, 7) is 2.26. The van der Waals surface area contributed by atoms with Crippen molar-refractivity contribution in [2.24, 2.45) is 0 Å². The van der Waals surface area contributed by atoms with E-state index < -0.39 is 5.97 Å². The van der Waals surface area contributed by atoms with Crippen LogP contribution in [0.3, 0.4) is 0 Å². The molecule has 0 aromatic carbocycles. The minimum atomic E-state index is -1.08. The quantitative estimate of drug-likeness (QED) is 0.823. The van der Waals surface area contributed by atoms with Crippen LogP contribution in [0.25, 0.3) is 6.08 Å². The SMILES string of the molecule is Cc1ncc(CNC(=O)c2ncccc2/C=C/C(=O)O)s1. The van der Waals surface area contributed by atoms with Gasteiger partial charge in [-0.25, -0.2) is 9.78 Å². The Hall–Kier alpha value is -2.54. The Labute approximate surface area is 125 Å². The van der Waals surface area contributed by atoms with Crippen LogP contribution in [-0.2, 0) is 11.3 Å². The van der Waals surface area contributed by atoms with Crippen LogP contribution in [0.5, 0.6) is 0 Å². The van der Waals surface area contributed by atoms with Gasteiger partial charge >= 0.3 is 5.97 Å². The van der Waals surface area contributed by atoms with Crippen molar-refractivity contribution in [3.8, 4) is 0 Å². The highest BCUT2D eigenvalue weighted by atomic mass is 32.1. The third-order valence-corrected chi connectivity index (χ3v) is 3.46. The first kappa shape index (κ1) is 14.9. The molecular formula is C14H13N3O3S. The molecule has 0 aliphatic rings. The number of pyridine rings is 1. The predicted molar refractivity (Wildman–Crippen MR) is 78.9 cm³/mol. The fraction of sp³-hybridized carbons (Fsp3) is 0.143. The molecule has 7 heteroatoms. The van der Waals surface area contributed by atoms with Gasteiger partial charge in [-0.15, -0.1) is 11.3 Å². The summed E-state index contributed by atoms with van der Waals surface area (Å²) >= 11 is 1.51. The fourth-order valence-electron chi connectivity index (χ4n) is 1.64. The van der Waals surface area contributed by atoms with E-state index in [4.69, 9.17) is 5.11 Å². The van der Waals surface area contributed by atoms with Gasteiger partial charge in [0.05, 0.1) is 11.6 Å². The average molecular weight is 303 g/mol. The molecule has 0 spiro atoms. The van der Waals surface area contributed by atoms with Gasteiger partial charge in [0.15, 0.2) is 0 Å². The largest absolute Gasteiger partial charge is 0.478 e. The van der Waals surface area contributed by atoms with E-state index in [1.54, 1.807) is 18.3 Å². The number of aryl methyl sites for hydroxylation is 1. The Kier molecular flexibility index (Phi) is 4.78. The number of carbonyl (C=O) groups excluding carboxylic acids is 1. The standard InChI is InChI=1S/C14H13N3O3S/c1-9-16-7-11(21-9)8-17-14(20)13-10(3-2-6-15-13)4-5-12(18)19/h2-7H,8H2,1H3,(H,17,20)(H,18,19)/b5-4+. The molecule has 0 radical (unpaired) electrons. The molecule has 1 amide bonds. The average Bonchev–Trinajstić information content (AvgIpc) is 2.88. The summed E-state index contributed by atoms with van der Waals surface area (Å²) in [7, 11) is 0. The molecule has 0 atom stereocenters. The normalized spacial score (nSPS) is 10.7. The van der Waals surface area contributed by atoms with Gasteiger partial charge in [-0.2, -0.15) is 0 Å². The summed E-state index contributed by atoms with van der Waals surface area (Å²) in [5, 5.41) is 12.3. The number of carboxylic acid groups (broad SMARTS) is 1. The molecule has 2 aromatic heterocycles. The topological polar surface area (TPSA) is 92.2 Å². The van der Waals surface area contributed by atoms with Gasteiger partial charge in [-0.05, 0) is 19.1 Å². The second kappa shape index (κ2) is 6.76. The van der Waals surface area contributed by atoms with E-state index in [-0.39, 0.29) is 11.6 Å². The number of hydrogen-bond donors (Lipinski definition) is 2. The van der Waals surface area contributed by atoms with E-state index in [0.717, 1.165) is 16.0 Å². The summed E-state index contributed by atoms with van der Waals surface area (Å²) < 4.78 is 0. The molecule has 0 saturated heterocycles. The molecule has 6 nitrogen and oxygen atoms in total. The number of rotatable bonds is 5. The van der Waals surface area contributed by atoms with Crippen molar-refractivity contribution in [2.75, 3.05) is 0 Å². The molecule has 0 unspecified atom stereocenters. The van der Waals surface area contributed by atoms with Crippen LogP contribution in [0.2, 0.25) is 0 Å². The van der Waals surface area contributed by atoms with Gasteiger partial charge in [-0.1, -0.05) is 6.07 Å². The van der Waals surface area contributed by atoms with Gasteiger partial charge < -0.3 is 10.4 Å². The zero-order valence-corrected chi connectivity index (χ0v) is 12.1. The molecule has 2 rings (SSSR count). The van der Waals surface area contributed by atoms with Crippen LogP contribution in [0.1, 0.15) is 25.9 Å². The van der Waals surface area contributed by atoms with Gasteiger partial charge in [0.2, 0.25) is 0 Å². The van der Waals surface area contributed by atoms with Crippen molar-refractivity contribution in [2.45, 2.75) is 13.5 Å². The van der Waals surface area contributed by atoms with Crippen molar-refractivity contribution in [3.63, 3.8) is 0 Å². The van der Waals surface area contributed by atoms with Crippen LogP contribution in [0.15, 0.2) is 30.6 Å². The summed E-state index contributed by atoms with van der Waals surface area (Å²) in [6.07, 6.45) is 5.52. The molecule has 21 heavy (non-hydrogen) atoms. The first-order valence-corrected chi connectivity index (χ1v) is 6.93. The number of carbonyl (C=O) groups is 2. The lowest BCUT2D eigenvalue weighted by Crippen LogP contribution is -2.24. The number of nitrogens with one attached hydrogen (secondary N) is 1. The summed E-state index contributed by atoms with van der Waals surface area (Å²) in [4.78, 5) is 31.7. The van der Waals surface area contributed by atoms with Crippen LogP contribution in [-0.4, -0.2) is 27.0 Å². The monoisotopic (exact) mass is 303 g/mol. The van der Waals surface area contributed by atoms with Crippen molar-refractivity contribution in [1.29, 1.82) is 0 Å². The maximum atomic E-state index is 12.1. The van der Waals surface area contributed by atoms with Gasteiger partial charge in [-0.3, -0.25) is 9.78 Å². The van der Waals surface area contributed by atoms with E-state index in [2.05, 4.69) is 15.3 Å². The van der Waals surface area contributed by atoms with Gasteiger partial charge in [0, 0.05) is 28.9 Å². The fourth-order valence-corrected chi connectivity index (χ4v) is 2.38. The number of thiazole rings is 1. The maximum absolute atomic E-state index is 12.1. The minimum absolute atomic E-state index is 0.191. The smallest absolute Gasteiger partial charge is 0.328 e. The number of aromatic nitrogens is 2. The van der Waals surface area contributed by atoms with Crippen molar-refractivity contribution < 1.29 is 14.7 Å². The van der Waals surface area contributed by atoms with Crippen LogP contribution in [0, 0.1) is 6.92 Å². The van der Waals surface area contributed by atoms with E-state index in [1.165, 1.54) is 23.6 Å². The van der Waals surface area contributed by atoms with Crippen molar-refractivity contribution >= 4 is 29.3 Å². The number of aliphatic carboxylic acids is 1. The van der Waals surface area contributed by atoms with Gasteiger partial charge in [0.1, 0.15) is 5.69 Å². The second-order valence-corrected chi connectivity index (χ2v) is 5.46. The Bertz CT molecular complexity index is 694. The summed E-state index contributed by atoms with van der Waals surface area (Å²) in [5.41, 5.74) is 0.647. The molecule has 0 aliphatic carbocycles. The number of amides is 1. The third kappa shape index (κ3) is 4.22. The van der Waals surface area contributed by atoms with E-state index in [9.17, 15) is 9.59 Å². The lowest BCUT2D eigenvalue weighted by molar-refractivity contribution is -0.131. The highest BCUT2D eigenvalue weighted by molar-refractivity contribution is 7.11. The highest BCUT2D eigenvalue weighted by Gasteiger charge is 2.11. The third-order valence-electron chi connectivity index (χ3n) is 2.55. The lowest BCUT2D eigenvalue weighted by Gasteiger charge is -2.05. The number of nitrogens with zero attached hydrogens (tertiary/aromatic N) is 2. The molecule has 2 N–H and O–H groups in total. The molecule has 2 heterocycles. The number of hydrogen-bond acceptors (Lipinski definition) is 5. The number of carboxylic acids is 1. The lowest BCUT2D eigenvalue weighted by atomic mass is 10.1. The van der Waals surface area contributed by atoms with Gasteiger partial charge in [0.25, 0.3) is 5.91 Å². The van der Waals surface area contributed by atoms with E-state index in [1.807, 2.05) is 6.92 Å². The Balaban J connectivity index is 2.10. The zero-order valence-electron chi connectivity index (χ0n) is 11.2. The first-order valence-electron chi connectivity index (χ1n) is 6.12. The van der Waals surface area contributed by atoms with E-state index >= 15 is 0 Å². The predicted octanol–water partition coefficient (Wildman–Crippen LogP) is 1.87. The Morgan fingerprint density at radius 3 is 2.90 bits per heavy atom. The minimum Gasteiger partial charge on any atom is -0.478 e. The Morgan fingerprint density at radius 1 is 1.43 bits per heavy atom. The first-order chi connectivity index (χ1) is 10.1. The molecule has 0 aliphatic heterocycles. The second-order valence-electron chi connectivity index (χ2n) is 4.14. The molecule has 0 bridgehead atoms. The van der Waals surface area contributed by atoms with Crippen LogP contribution >= 0.6 is 11.3 Å². The summed E-state index contributed by atoms with van der Waals surface area (Å²) in [5.74, 6) is -1.43.